The van der Waals surface area contributed by atoms with E-state index in [2.05, 4.69) is 4.74 Å². The van der Waals surface area contributed by atoms with E-state index in [0.29, 0.717) is 6.61 Å². The molecule has 0 aromatic rings. The third-order valence-electron chi connectivity index (χ3n) is 1.55. The van der Waals surface area contributed by atoms with E-state index in [0.717, 1.165) is 0 Å². The van der Waals surface area contributed by atoms with Crippen LogP contribution in [0.2, 0.25) is 0 Å². The second kappa shape index (κ2) is 7.49. The molecule has 14 heavy (non-hydrogen) atoms. The highest BCUT2D eigenvalue weighted by Crippen LogP contribution is 1.99. The lowest BCUT2D eigenvalue weighted by Crippen LogP contribution is -2.28. The highest BCUT2D eigenvalue weighted by Gasteiger charge is 2.12. The van der Waals surface area contributed by atoms with Gasteiger partial charge in [0.1, 0.15) is 6.10 Å². The Morgan fingerprint density at radius 2 is 2.07 bits per heavy atom. The molecule has 0 fully saturated rings. The van der Waals surface area contributed by atoms with Crippen LogP contribution in [0.5, 0.6) is 0 Å². The van der Waals surface area contributed by atoms with Gasteiger partial charge in [-0.15, -0.1) is 0 Å². The molecule has 0 aromatic heterocycles. The predicted octanol–water partition coefficient (Wildman–Crippen LogP) is -0.790. The van der Waals surface area contributed by atoms with Crippen molar-refractivity contribution in [1.29, 1.82) is 0 Å². The molecule has 82 valence electrons. The molecule has 0 saturated heterocycles. The maximum atomic E-state index is 10.8. The van der Waals surface area contributed by atoms with Gasteiger partial charge in [0.25, 0.3) is 0 Å². The minimum absolute atomic E-state index is 0.0978. The molecular weight excluding hydrogens is 188 g/mol. The first-order chi connectivity index (χ1) is 6.61. The molecule has 5 heteroatoms. The Kier molecular flexibility index (Phi) is 7.00. The number of carbonyl (C=O) groups is 1. The fourth-order valence-electron chi connectivity index (χ4n) is 0.773. The van der Waals surface area contributed by atoms with E-state index in [1.807, 2.05) is 0 Å². The van der Waals surface area contributed by atoms with Crippen LogP contribution in [0, 0.1) is 0 Å². The van der Waals surface area contributed by atoms with Crippen LogP contribution < -0.4 is 0 Å². The van der Waals surface area contributed by atoms with Crippen LogP contribution in [0.4, 0.5) is 0 Å². The van der Waals surface area contributed by atoms with Crippen molar-refractivity contribution in [3.63, 3.8) is 0 Å². The van der Waals surface area contributed by atoms with E-state index >= 15 is 0 Å². The Balaban J connectivity index is 3.75. The summed E-state index contributed by atoms with van der Waals surface area (Å²) in [4.78, 5) is 10.8. The Bertz CT molecular complexity index is 190. The Labute approximate surface area is 82.6 Å². The highest BCUT2D eigenvalue weighted by molar-refractivity contribution is 5.81. The molecule has 0 saturated carbocycles. The normalized spacial score (nSPS) is 15.4. The minimum Gasteiger partial charge on any atom is -0.463 e. The van der Waals surface area contributed by atoms with Crippen molar-refractivity contribution in [2.75, 3.05) is 13.2 Å². The Morgan fingerprint density at radius 1 is 1.43 bits per heavy atom. The molecule has 0 unspecified atom stereocenters. The van der Waals surface area contributed by atoms with Crippen molar-refractivity contribution < 1.29 is 24.9 Å². The molecule has 0 radical (unpaired) electrons. The number of hydrogen-bond donors (Lipinski definition) is 3. The van der Waals surface area contributed by atoms with Crippen LogP contribution in [0.1, 0.15) is 13.3 Å². The van der Waals surface area contributed by atoms with Gasteiger partial charge in [-0.2, -0.15) is 0 Å². The van der Waals surface area contributed by atoms with Crippen molar-refractivity contribution in [2.45, 2.75) is 25.6 Å². The van der Waals surface area contributed by atoms with E-state index in [1.54, 1.807) is 6.92 Å². The fourth-order valence-corrected chi connectivity index (χ4v) is 0.773. The molecule has 2 atom stereocenters. The molecule has 0 aliphatic heterocycles. The lowest BCUT2D eigenvalue weighted by atomic mass is 10.1. The Hall–Kier alpha value is -0.910. The molecule has 3 N–H and O–H groups in total. The monoisotopic (exact) mass is 204 g/mol. The van der Waals surface area contributed by atoms with E-state index in [1.165, 1.54) is 12.2 Å². The van der Waals surface area contributed by atoms with Gasteiger partial charge in [-0.05, 0) is 13.3 Å². The van der Waals surface area contributed by atoms with Crippen LogP contribution in [-0.4, -0.2) is 46.7 Å². The summed E-state index contributed by atoms with van der Waals surface area (Å²) in [6, 6.07) is 0. The average molecular weight is 204 g/mol. The second-order valence-electron chi connectivity index (χ2n) is 2.71. The van der Waals surface area contributed by atoms with Crippen LogP contribution in [0.15, 0.2) is 12.2 Å². The lowest BCUT2D eigenvalue weighted by Gasteiger charge is -2.12. The van der Waals surface area contributed by atoms with Crippen molar-refractivity contribution in [2.24, 2.45) is 0 Å². The van der Waals surface area contributed by atoms with E-state index in [-0.39, 0.29) is 6.42 Å². The summed E-state index contributed by atoms with van der Waals surface area (Å²) < 4.78 is 4.59. The van der Waals surface area contributed by atoms with Gasteiger partial charge < -0.3 is 20.1 Å². The summed E-state index contributed by atoms with van der Waals surface area (Å²) in [5, 5.41) is 26.6. The summed E-state index contributed by atoms with van der Waals surface area (Å²) in [7, 11) is 0. The zero-order valence-corrected chi connectivity index (χ0v) is 8.09. The fraction of sp³-hybridized carbons (Fsp3) is 0.667. The SMILES string of the molecule is CCOC(=O)/C=C/C[C@H](O)[C@H](O)CO. The molecule has 0 heterocycles. The number of esters is 1. The minimum atomic E-state index is -1.18. The molecule has 0 aliphatic carbocycles. The summed E-state index contributed by atoms with van der Waals surface area (Å²) >= 11 is 0. The predicted molar refractivity (Wildman–Crippen MR) is 49.5 cm³/mol. The van der Waals surface area contributed by atoms with Gasteiger partial charge in [-0.25, -0.2) is 4.79 Å². The summed E-state index contributed by atoms with van der Waals surface area (Å²) in [5.41, 5.74) is 0. The van der Waals surface area contributed by atoms with Crippen molar-refractivity contribution in [3.05, 3.63) is 12.2 Å². The van der Waals surface area contributed by atoms with E-state index in [4.69, 9.17) is 15.3 Å². The number of aliphatic hydroxyl groups excluding tert-OH is 3. The molecule has 0 bridgehead atoms. The topological polar surface area (TPSA) is 87.0 Å². The quantitative estimate of drug-likeness (QED) is 0.390. The standard InChI is InChI=1S/C9H16O5/c1-2-14-9(13)5-3-4-7(11)8(12)6-10/h3,5,7-8,10-12H,2,4,6H2,1H3/b5-3+/t7-,8+/m0/s1. The van der Waals surface area contributed by atoms with Crippen molar-refractivity contribution in [1.82, 2.24) is 0 Å². The molecule has 0 amide bonds. The van der Waals surface area contributed by atoms with Crippen molar-refractivity contribution in [3.8, 4) is 0 Å². The van der Waals surface area contributed by atoms with Crippen LogP contribution in [-0.2, 0) is 9.53 Å². The molecule has 0 aliphatic rings. The Morgan fingerprint density at radius 3 is 2.57 bits per heavy atom. The molecule has 0 aromatic carbocycles. The number of carbonyl (C=O) groups excluding carboxylic acids is 1. The number of hydrogen-bond acceptors (Lipinski definition) is 5. The zero-order chi connectivity index (χ0) is 11.0. The highest BCUT2D eigenvalue weighted by atomic mass is 16.5. The maximum absolute atomic E-state index is 10.8. The average Bonchev–Trinajstić information content (AvgIpc) is 2.16. The van der Waals surface area contributed by atoms with Gasteiger partial charge in [0.2, 0.25) is 0 Å². The largest absolute Gasteiger partial charge is 0.463 e. The van der Waals surface area contributed by atoms with Gasteiger partial charge in [0, 0.05) is 6.08 Å². The van der Waals surface area contributed by atoms with Gasteiger partial charge >= 0.3 is 5.97 Å². The smallest absolute Gasteiger partial charge is 0.330 e. The zero-order valence-electron chi connectivity index (χ0n) is 8.09. The second-order valence-corrected chi connectivity index (χ2v) is 2.71. The summed E-state index contributed by atoms with van der Waals surface area (Å²) in [6.07, 6.45) is 0.423. The van der Waals surface area contributed by atoms with Gasteiger partial charge in [0.15, 0.2) is 0 Å². The number of aliphatic hydroxyl groups is 3. The first-order valence-corrected chi connectivity index (χ1v) is 4.42. The maximum Gasteiger partial charge on any atom is 0.330 e. The number of rotatable bonds is 6. The van der Waals surface area contributed by atoms with E-state index in [9.17, 15) is 4.79 Å². The van der Waals surface area contributed by atoms with Crippen LogP contribution in [0.25, 0.3) is 0 Å². The third kappa shape index (κ3) is 5.69. The lowest BCUT2D eigenvalue weighted by molar-refractivity contribution is -0.137. The molecule has 0 spiro atoms. The molecule has 0 rings (SSSR count). The van der Waals surface area contributed by atoms with Crippen molar-refractivity contribution >= 4 is 5.97 Å². The van der Waals surface area contributed by atoms with Crippen LogP contribution in [0.3, 0.4) is 0 Å². The number of ether oxygens (including phenoxy) is 1. The van der Waals surface area contributed by atoms with Gasteiger partial charge in [-0.1, -0.05) is 6.08 Å². The molecule has 5 nitrogen and oxygen atoms in total. The summed E-state index contributed by atoms with van der Waals surface area (Å²) in [5.74, 6) is -0.488. The first-order valence-electron chi connectivity index (χ1n) is 4.42. The van der Waals surface area contributed by atoms with E-state index < -0.39 is 24.8 Å². The molecular formula is C9H16O5. The van der Waals surface area contributed by atoms with Gasteiger partial charge in [-0.3, -0.25) is 0 Å². The first kappa shape index (κ1) is 13.1. The van der Waals surface area contributed by atoms with Gasteiger partial charge in [0.05, 0.1) is 19.3 Å². The van der Waals surface area contributed by atoms with Crippen LogP contribution >= 0.6 is 0 Å². The summed E-state index contributed by atoms with van der Waals surface area (Å²) in [6.45, 7) is 1.48. The third-order valence-corrected chi connectivity index (χ3v) is 1.55.